The van der Waals surface area contributed by atoms with Gasteiger partial charge in [-0.25, -0.2) is 9.78 Å². The molecule has 2 heterocycles. The highest BCUT2D eigenvalue weighted by Gasteiger charge is 2.20. The van der Waals surface area contributed by atoms with Crippen LogP contribution in [0.3, 0.4) is 0 Å². The number of cyclic esters (lactones) is 1. The van der Waals surface area contributed by atoms with E-state index in [1.807, 2.05) is 23.6 Å². The van der Waals surface area contributed by atoms with Crippen LogP contribution in [0.25, 0.3) is 16.7 Å². The van der Waals surface area contributed by atoms with E-state index >= 15 is 0 Å². The number of aromatic nitrogens is 2. The van der Waals surface area contributed by atoms with Gasteiger partial charge in [-0.1, -0.05) is 11.6 Å². The molecule has 18 heavy (non-hydrogen) atoms. The van der Waals surface area contributed by atoms with Crippen LogP contribution in [0.1, 0.15) is 13.3 Å². The number of carbonyl (C=O) groups excluding carboxylic acids is 1. The number of esters is 1. The molecule has 2 aromatic rings. The summed E-state index contributed by atoms with van der Waals surface area (Å²) in [5, 5.41) is 0.649. The summed E-state index contributed by atoms with van der Waals surface area (Å²) >= 11 is 5.99. The molecule has 0 amide bonds. The van der Waals surface area contributed by atoms with Gasteiger partial charge >= 0.3 is 5.97 Å². The quantitative estimate of drug-likeness (QED) is 0.743. The number of halogens is 1. The molecule has 0 saturated heterocycles. The van der Waals surface area contributed by atoms with Gasteiger partial charge in [-0.2, -0.15) is 0 Å². The summed E-state index contributed by atoms with van der Waals surface area (Å²) in [6.45, 7) is 1.87. The first-order chi connectivity index (χ1) is 8.63. The van der Waals surface area contributed by atoms with Crippen molar-refractivity contribution in [3.63, 3.8) is 0 Å². The van der Waals surface area contributed by atoms with Crippen molar-refractivity contribution in [3.8, 4) is 0 Å². The molecule has 0 saturated carbocycles. The molecule has 1 atom stereocenters. The Labute approximate surface area is 109 Å². The number of ether oxygens (including phenoxy) is 1. The van der Waals surface area contributed by atoms with Crippen molar-refractivity contribution in [2.75, 3.05) is 0 Å². The first-order valence-electron chi connectivity index (χ1n) is 5.67. The fourth-order valence-corrected chi connectivity index (χ4v) is 2.31. The standard InChI is InChI=1S/C13H11ClN2O2/c1-8-4-10(6-13(17)18-8)16-7-15-11-3-2-9(14)5-12(11)16/h2-3,5-8H,4H2,1H3. The van der Waals surface area contributed by atoms with E-state index in [4.69, 9.17) is 16.3 Å². The summed E-state index contributed by atoms with van der Waals surface area (Å²) in [5.74, 6) is -0.312. The number of nitrogens with zero attached hydrogens (tertiary/aromatic N) is 2. The number of benzene rings is 1. The molecule has 0 spiro atoms. The molecule has 0 N–H and O–H groups in total. The van der Waals surface area contributed by atoms with Crippen LogP contribution in [-0.4, -0.2) is 21.6 Å². The Balaban J connectivity index is 2.14. The number of rotatable bonds is 1. The van der Waals surface area contributed by atoms with E-state index in [0.29, 0.717) is 11.4 Å². The van der Waals surface area contributed by atoms with Crippen molar-refractivity contribution in [3.05, 3.63) is 35.6 Å². The van der Waals surface area contributed by atoms with Crippen molar-refractivity contribution < 1.29 is 9.53 Å². The third kappa shape index (κ3) is 1.88. The zero-order valence-electron chi connectivity index (χ0n) is 9.76. The highest BCUT2D eigenvalue weighted by Crippen LogP contribution is 2.26. The summed E-state index contributed by atoms with van der Waals surface area (Å²) < 4.78 is 6.96. The molecule has 0 fully saturated rings. The van der Waals surface area contributed by atoms with Crippen molar-refractivity contribution in [2.45, 2.75) is 19.4 Å². The van der Waals surface area contributed by atoms with Crippen LogP contribution in [0.4, 0.5) is 0 Å². The molecule has 0 aliphatic carbocycles. The SMILES string of the molecule is CC1CC(n2cnc3ccc(Cl)cc32)=CC(=O)O1. The first-order valence-corrected chi connectivity index (χ1v) is 6.05. The zero-order valence-corrected chi connectivity index (χ0v) is 10.5. The number of hydrogen-bond acceptors (Lipinski definition) is 3. The van der Waals surface area contributed by atoms with E-state index in [1.165, 1.54) is 6.08 Å². The maximum Gasteiger partial charge on any atom is 0.332 e. The van der Waals surface area contributed by atoms with Crippen molar-refractivity contribution in [1.82, 2.24) is 9.55 Å². The Hall–Kier alpha value is -1.81. The lowest BCUT2D eigenvalue weighted by Gasteiger charge is -2.20. The predicted octanol–water partition coefficient (Wildman–Crippen LogP) is 2.87. The minimum atomic E-state index is -0.312. The first kappa shape index (κ1) is 11.3. The van der Waals surface area contributed by atoms with Gasteiger partial charge in [0.05, 0.1) is 11.0 Å². The van der Waals surface area contributed by atoms with Crippen molar-refractivity contribution in [2.24, 2.45) is 0 Å². The summed E-state index contributed by atoms with van der Waals surface area (Å²) in [4.78, 5) is 15.7. The highest BCUT2D eigenvalue weighted by molar-refractivity contribution is 6.31. The van der Waals surface area contributed by atoms with Gasteiger partial charge in [0.15, 0.2) is 0 Å². The molecule has 5 heteroatoms. The van der Waals surface area contributed by atoms with Gasteiger partial charge in [0.2, 0.25) is 0 Å². The van der Waals surface area contributed by atoms with E-state index in [2.05, 4.69) is 4.98 Å². The van der Waals surface area contributed by atoms with E-state index < -0.39 is 0 Å². The van der Waals surface area contributed by atoms with E-state index in [0.717, 1.165) is 16.7 Å². The number of hydrogen-bond donors (Lipinski definition) is 0. The van der Waals surface area contributed by atoms with Crippen LogP contribution < -0.4 is 0 Å². The lowest BCUT2D eigenvalue weighted by molar-refractivity contribution is -0.142. The van der Waals surface area contributed by atoms with E-state index in [9.17, 15) is 4.79 Å². The maximum atomic E-state index is 11.4. The second kappa shape index (κ2) is 4.14. The predicted molar refractivity (Wildman–Crippen MR) is 69.2 cm³/mol. The Morgan fingerprint density at radius 2 is 2.33 bits per heavy atom. The minimum Gasteiger partial charge on any atom is -0.459 e. The van der Waals surface area contributed by atoms with Gasteiger partial charge in [0, 0.05) is 23.2 Å². The third-order valence-corrected chi connectivity index (χ3v) is 3.15. The molecule has 1 aliphatic heterocycles. The van der Waals surface area contributed by atoms with Gasteiger partial charge in [-0.15, -0.1) is 0 Å². The average Bonchev–Trinajstić information content (AvgIpc) is 2.70. The lowest BCUT2D eigenvalue weighted by atomic mass is 10.1. The van der Waals surface area contributed by atoms with Crippen LogP contribution in [0.2, 0.25) is 5.02 Å². The van der Waals surface area contributed by atoms with Gasteiger partial charge in [0.25, 0.3) is 0 Å². The maximum absolute atomic E-state index is 11.4. The van der Waals surface area contributed by atoms with Crippen molar-refractivity contribution in [1.29, 1.82) is 0 Å². The lowest BCUT2D eigenvalue weighted by Crippen LogP contribution is -2.20. The van der Waals surface area contributed by atoms with Crippen LogP contribution in [0.15, 0.2) is 30.6 Å². The molecule has 1 aromatic heterocycles. The number of imidazole rings is 1. The molecule has 1 unspecified atom stereocenters. The monoisotopic (exact) mass is 262 g/mol. The minimum absolute atomic E-state index is 0.117. The summed E-state index contributed by atoms with van der Waals surface area (Å²) in [7, 11) is 0. The van der Waals surface area contributed by atoms with E-state index in [1.54, 1.807) is 12.4 Å². The fraction of sp³-hybridized carbons (Fsp3) is 0.231. The Kier molecular flexibility index (Phi) is 2.59. The second-order valence-corrected chi connectivity index (χ2v) is 4.77. The van der Waals surface area contributed by atoms with Crippen LogP contribution in [0, 0.1) is 0 Å². The topological polar surface area (TPSA) is 44.1 Å². The Bertz CT molecular complexity index is 660. The second-order valence-electron chi connectivity index (χ2n) is 4.33. The molecule has 3 rings (SSSR count). The molecule has 92 valence electrons. The fourth-order valence-electron chi connectivity index (χ4n) is 2.14. The summed E-state index contributed by atoms with van der Waals surface area (Å²) in [6.07, 6.45) is 3.76. The van der Waals surface area contributed by atoms with Gasteiger partial charge in [-0.05, 0) is 25.1 Å². The summed E-state index contributed by atoms with van der Waals surface area (Å²) in [5.41, 5.74) is 2.63. The van der Waals surface area contributed by atoms with Crippen LogP contribution in [-0.2, 0) is 9.53 Å². The summed E-state index contributed by atoms with van der Waals surface area (Å²) in [6, 6.07) is 5.50. The largest absolute Gasteiger partial charge is 0.459 e. The molecule has 1 aliphatic rings. The molecule has 0 radical (unpaired) electrons. The highest BCUT2D eigenvalue weighted by atomic mass is 35.5. The molecular formula is C13H11ClN2O2. The van der Waals surface area contributed by atoms with Crippen LogP contribution in [0.5, 0.6) is 0 Å². The Morgan fingerprint density at radius 3 is 3.11 bits per heavy atom. The smallest absolute Gasteiger partial charge is 0.332 e. The molecule has 1 aromatic carbocycles. The number of carbonyl (C=O) groups is 1. The average molecular weight is 263 g/mol. The van der Waals surface area contributed by atoms with Gasteiger partial charge < -0.3 is 9.30 Å². The third-order valence-electron chi connectivity index (χ3n) is 2.92. The molecule has 4 nitrogen and oxygen atoms in total. The number of fused-ring (bicyclic) bond motifs is 1. The van der Waals surface area contributed by atoms with Crippen LogP contribution >= 0.6 is 11.6 Å². The van der Waals surface area contributed by atoms with Gasteiger partial charge in [0.1, 0.15) is 12.4 Å². The van der Waals surface area contributed by atoms with E-state index in [-0.39, 0.29) is 12.1 Å². The zero-order chi connectivity index (χ0) is 12.7. The Morgan fingerprint density at radius 1 is 1.50 bits per heavy atom. The van der Waals surface area contributed by atoms with Crippen molar-refractivity contribution >= 4 is 34.3 Å². The molecular weight excluding hydrogens is 252 g/mol. The van der Waals surface area contributed by atoms with Gasteiger partial charge in [-0.3, -0.25) is 0 Å². The molecule has 0 bridgehead atoms. The normalized spacial score (nSPS) is 19.8.